The maximum Gasteiger partial charge on any atom is 0.231 e. The van der Waals surface area contributed by atoms with E-state index < -0.39 is 0 Å². The first-order valence-corrected chi connectivity index (χ1v) is 12.7. The summed E-state index contributed by atoms with van der Waals surface area (Å²) in [5.41, 5.74) is 4.36. The summed E-state index contributed by atoms with van der Waals surface area (Å²) in [4.78, 5) is 13.1. The molecule has 0 bridgehead atoms. The van der Waals surface area contributed by atoms with Crippen molar-refractivity contribution in [2.45, 2.75) is 26.7 Å². The second-order valence-corrected chi connectivity index (χ2v) is 9.72. The fourth-order valence-corrected chi connectivity index (χ4v) is 5.28. The Balaban J connectivity index is 1.26. The minimum absolute atomic E-state index is 0.156. The summed E-state index contributed by atoms with van der Waals surface area (Å²) in [6, 6.07) is 15.2. The van der Waals surface area contributed by atoms with E-state index in [2.05, 4.69) is 27.4 Å². The number of benzene rings is 3. The number of methoxy groups -OCH3 is 1. The number of hydrogen-bond acceptors (Lipinski definition) is 6. The summed E-state index contributed by atoms with van der Waals surface area (Å²) in [6.45, 7) is 3.90. The summed E-state index contributed by atoms with van der Waals surface area (Å²) >= 11 is 3.54. The number of Topliss-reactive ketones (excluding diaryl/α,β-unsaturated/α-hetero) is 1. The predicted octanol–water partition coefficient (Wildman–Crippen LogP) is 6.49. The zero-order valence-electron chi connectivity index (χ0n) is 20.4. The third kappa shape index (κ3) is 4.36. The number of fused-ring (bicyclic) bond motifs is 3. The standard InChI is InChI=1S/C29H24BrNO6/c1-3-31-13-17(24-11-21(33-2)5-7-25(24)31)10-27-28(32)23-6-4-22(12-26(23)37-27)35-15-19-9-20(30)8-18-14-34-16-36-29(18)19/h4-13H,3,14-16H2,1-2H3/b27-10-. The van der Waals surface area contributed by atoms with E-state index in [1.54, 1.807) is 31.4 Å². The quantitative estimate of drug-likeness (QED) is 0.250. The number of allylic oxidation sites excluding steroid dienone is 1. The average Bonchev–Trinajstić information content (AvgIpc) is 3.43. The fraction of sp³-hybridized carbons (Fsp3) is 0.207. The summed E-state index contributed by atoms with van der Waals surface area (Å²) in [5, 5.41) is 0.995. The van der Waals surface area contributed by atoms with Gasteiger partial charge in [-0.3, -0.25) is 4.79 Å². The lowest BCUT2D eigenvalue weighted by molar-refractivity contribution is -0.0176. The molecule has 3 heterocycles. The molecule has 0 atom stereocenters. The molecule has 0 spiro atoms. The van der Waals surface area contributed by atoms with Gasteiger partial charge in [0.1, 0.15) is 29.6 Å². The maximum absolute atomic E-state index is 13.1. The number of hydrogen-bond donors (Lipinski definition) is 0. The van der Waals surface area contributed by atoms with Crippen molar-refractivity contribution >= 4 is 38.7 Å². The van der Waals surface area contributed by atoms with Gasteiger partial charge in [-0.05, 0) is 55.5 Å². The lowest BCUT2D eigenvalue weighted by atomic mass is 10.1. The van der Waals surface area contributed by atoms with Crippen LogP contribution < -0.4 is 18.9 Å². The van der Waals surface area contributed by atoms with Gasteiger partial charge in [-0.15, -0.1) is 0 Å². The van der Waals surface area contributed by atoms with Crippen LogP contribution in [0.5, 0.6) is 23.0 Å². The van der Waals surface area contributed by atoms with E-state index in [1.807, 2.05) is 36.5 Å². The number of carbonyl (C=O) groups is 1. The Bertz CT molecular complexity index is 1570. The van der Waals surface area contributed by atoms with Crippen molar-refractivity contribution in [3.05, 3.63) is 87.2 Å². The lowest BCUT2D eigenvalue weighted by Crippen LogP contribution is -2.14. The van der Waals surface area contributed by atoms with Gasteiger partial charge in [-0.1, -0.05) is 15.9 Å². The highest BCUT2D eigenvalue weighted by Gasteiger charge is 2.28. The molecule has 0 amide bonds. The Hall–Kier alpha value is -3.75. The van der Waals surface area contributed by atoms with Crippen molar-refractivity contribution in [3.8, 4) is 23.0 Å². The van der Waals surface area contributed by atoms with Crippen LogP contribution in [0.3, 0.4) is 0 Å². The van der Waals surface area contributed by atoms with E-state index >= 15 is 0 Å². The van der Waals surface area contributed by atoms with Gasteiger partial charge in [-0.25, -0.2) is 0 Å². The molecule has 0 radical (unpaired) electrons. The molecule has 0 saturated heterocycles. The molecule has 2 aliphatic heterocycles. The molecule has 0 saturated carbocycles. The van der Waals surface area contributed by atoms with Crippen LogP contribution in [0.15, 0.2) is 65.0 Å². The number of rotatable bonds is 6. The molecule has 8 heteroatoms. The van der Waals surface area contributed by atoms with Crippen LogP contribution in [-0.4, -0.2) is 24.3 Å². The van der Waals surface area contributed by atoms with Crippen molar-refractivity contribution in [1.29, 1.82) is 0 Å². The highest BCUT2D eigenvalue weighted by Crippen LogP contribution is 2.37. The molecule has 0 unspecified atom stereocenters. The number of carbonyl (C=O) groups excluding carboxylic acids is 1. The molecular formula is C29H24BrNO6. The van der Waals surface area contributed by atoms with E-state index in [1.165, 1.54) is 0 Å². The summed E-state index contributed by atoms with van der Waals surface area (Å²) in [7, 11) is 1.64. The largest absolute Gasteiger partial charge is 0.497 e. The number of ether oxygens (including phenoxy) is 5. The second-order valence-electron chi connectivity index (χ2n) is 8.80. The highest BCUT2D eigenvalue weighted by atomic mass is 79.9. The van der Waals surface area contributed by atoms with Gasteiger partial charge in [0.25, 0.3) is 0 Å². The maximum atomic E-state index is 13.1. The van der Waals surface area contributed by atoms with Crippen LogP contribution in [0, 0.1) is 0 Å². The zero-order chi connectivity index (χ0) is 25.5. The van der Waals surface area contributed by atoms with Gasteiger partial charge in [0.05, 0.1) is 19.3 Å². The molecule has 2 aliphatic rings. The molecule has 188 valence electrons. The van der Waals surface area contributed by atoms with Crippen LogP contribution in [0.2, 0.25) is 0 Å². The van der Waals surface area contributed by atoms with E-state index in [9.17, 15) is 4.79 Å². The number of nitrogens with zero attached hydrogens (tertiary/aromatic N) is 1. The minimum Gasteiger partial charge on any atom is -0.497 e. The molecule has 1 aromatic heterocycles. The smallest absolute Gasteiger partial charge is 0.231 e. The molecule has 3 aromatic carbocycles. The Labute approximate surface area is 222 Å². The van der Waals surface area contributed by atoms with Gasteiger partial charge in [0.15, 0.2) is 12.6 Å². The molecule has 0 aliphatic carbocycles. The van der Waals surface area contributed by atoms with Crippen molar-refractivity contribution in [2.75, 3.05) is 13.9 Å². The molecule has 0 N–H and O–H groups in total. The first-order chi connectivity index (χ1) is 18.0. The summed E-state index contributed by atoms with van der Waals surface area (Å²) < 4.78 is 31.6. The number of halogens is 1. The number of aryl methyl sites for hydroxylation is 1. The van der Waals surface area contributed by atoms with E-state index in [-0.39, 0.29) is 18.3 Å². The topological polar surface area (TPSA) is 68.2 Å². The molecular weight excluding hydrogens is 538 g/mol. The normalized spacial score (nSPS) is 15.3. The molecule has 0 fully saturated rings. The van der Waals surface area contributed by atoms with Crippen molar-refractivity contribution < 1.29 is 28.5 Å². The molecule has 6 rings (SSSR count). The van der Waals surface area contributed by atoms with Crippen molar-refractivity contribution in [1.82, 2.24) is 4.57 Å². The SMILES string of the molecule is CCn1cc(/C=C2\Oc3cc(OCc4cc(Br)cc5c4OCOC5)ccc3C2=O)c2cc(OC)ccc21. The third-order valence-electron chi connectivity index (χ3n) is 6.53. The molecule has 4 aromatic rings. The van der Waals surface area contributed by atoms with Gasteiger partial charge in [0, 0.05) is 50.9 Å². The van der Waals surface area contributed by atoms with Gasteiger partial charge in [0.2, 0.25) is 5.78 Å². The first kappa shape index (κ1) is 23.6. The Kier molecular flexibility index (Phi) is 6.14. The van der Waals surface area contributed by atoms with Crippen LogP contribution in [-0.2, 0) is 24.5 Å². The van der Waals surface area contributed by atoms with Crippen molar-refractivity contribution in [2.24, 2.45) is 0 Å². The Morgan fingerprint density at radius 1 is 1.11 bits per heavy atom. The van der Waals surface area contributed by atoms with E-state index in [0.717, 1.165) is 50.1 Å². The predicted molar refractivity (Wildman–Crippen MR) is 142 cm³/mol. The van der Waals surface area contributed by atoms with Gasteiger partial charge in [-0.2, -0.15) is 0 Å². The van der Waals surface area contributed by atoms with E-state index in [4.69, 9.17) is 23.7 Å². The summed E-state index contributed by atoms with van der Waals surface area (Å²) in [6.07, 6.45) is 3.82. The second kappa shape index (κ2) is 9.61. The number of aromatic nitrogens is 1. The fourth-order valence-electron chi connectivity index (χ4n) is 4.73. The van der Waals surface area contributed by atoms with Crippen molar-refractivity contribution in [3.63, 3.8) is 0 Å². The van der Waals surface area contributed by atoms with Gasteiger partial charge < -0.3 is 28.3 Å². The third-order valence-corrected chi connectivity index (χ3v) is 6.99. The molecule has 37 heavy (non-hydrogen) atoms. The summed E-state index contributed by atoms with van der Waals surface area (Å²) in [5.74, 6) is 2.74. The Morgan fingerprint density at radius 2 is 1.97 bits per heavy atom. The van der Waals surface area contributed by atoms with E-state index in [0.29, 0.717) is 30.3 Å². The average molecular weight is 562 g/mol. The van der Waals surface area contributed by atoms with Crippen LogP contribution in [0.25, 0.3) is 17.0 Å². The monoisotopic (exact) mass is 561 g/mol. The Morgan fingerprint density at radius 3 is 2.81 bits per heavy atom. The van der Waals surface area contributed by atoms with Crippen LogP contribution >= 0.6 is 15.9 Å². The minimum atomic E-state index is -0.156. The highest BCUT2D eigenvalue weighted by molar-refractivity contribution is 9.10. The first-order valence-electron chi connectivity index (χ1n) is 11.9. The van der Waals surface area contributed by atoms with Crippen LogP contribution in [0.1, 0.15) is 34.0 Å². The van der Waals surface area contributed by atoms with Crippen LogP contribution in [0.4, 0.5) is 0 Å². The lowest BCUT2D eigenvalue weighted by Gasteiger charge is -2.21. The zero-order valence-corrected chi connectivity index (χ0v) is 22.0. The van der Waals surface area contributed by atoms with Gasteiger partial charge >= 0.3 is 0 Å². The number of ketones is 1. The molecule has 7 nitrogen and oxygen atoms in total.